The molecule has 6 nitrogen and oxygen atoms in total. The second-order valence-corrected chi connectivity index (χ2v) is 4.17. The highest BCUT2D eigenvalue weighted by atomic mass is 16.4. The number of nitrogens with zero attached hydrogens (tertiary/aromatic N) is 1. The minimum Gasteiger partial charge on any atom is -0.480 e. The Morgan fingerprint density at radius 3 is 2.88 bits per heavy atom. The Labute approximate surface area is 91.7 Å². The summed E-state index contributed by atoms with van der Waals surface area (Å²) >= 11 is 0. The number of carboxylic acids is 1. The molecule has 0 aliphatic heterocycles. The first-order chi connectivity index (χ1) is 7.54. The summed E-state index contributed by atoms with van der Waals surface area (Å²) in [4.78, 5) is 28.9. The lowest BCUT2D eigenvalue weighted by atomic mass is 9.96. The Kier molecular flexibility index (Phi) is 2.41. The number of aromatic amines is 1. The van der Waals surface area contributed by atoms with Gasteiger partial charge < -0.3 is 15.4 Å². The molecule has 1 aromatic rings. The molecule has 1 fully saturated rings. The molecule has 0 amide bonds. The lowest BCUT2D eigenvalue weighted by molar-refractivity contribution is -0.142. The molecular formula is C10H13N3O3. The van der Waals surface area contributed by atoms with Gasteiger partial charge >= 0.3 is 5.97 Å². The molecule has 2 rings (SSSR count). The average Bonchev–Trinajstić information content (AvgIpc) is 3.04. The van der Waals surface area contributed by atoms with E-state index in [4.69, 9.17) is 0 Å². The maximum absolute atomic E-state index is 11.4. The van der Waals surface area contributed by atoms with Crippen molar-refractivity contribution in [3.8, 4) is 0 Å². The van der Waals surface area contributed by atoms with E-state index >= 15 is 0 Å². The Bertz CT molecular complexity index is 466. The molecular weight excluding hydrogens is 210 g/mol. The van der Waals surface area contributed by atoms with E-state index in [1.165, 1.54) is 12.4 Å². The summed E-state index contributed by atoms with van der Waals surface area (Å²) in [5, 5.41) is 11.9. The topological polar surface area (TPSA) is 95.1 Å². The van der Waals surface area contributed by atoms with E-state index in [1.54, 1.807) is 6.92 Å². The summed E-state index contributed by atoms with van der Waals surface area (Å²) in [6.07, 6.45) is 4.54. The zero-order chi connectivity index (χ0) is 11.8. The van der Waals surface area contributed by atoms with Gasteiger partial charge in [0.05, 0.1) is 0 Å². The van der Waals surface area contributed by atoms with Crippen LogP contribution < -0.4 is 10.9 Å². The number of H-pyrrole nitrogens is 1. The monoisotopic (exact) mass is 223 g/mol. The van der Waals surface area contributed by atoms with Crippen LogP contribution in [0.4, 0.5) is 5.82 Å². The number of nitrogens with one attached hydrogen (secondary N) is 2. The third-order valence-corrected chi connectivity index (χ3v) is 2.92. The van der Waals surface area contributed by atoms with E-state index in [2.05, 4.69) is 15.3 Å². The number of hydrogen-bond acceptors (Lipinski definition) is 4. The van der Waals surface area contributed by atoms with Crippen LogP contribution in [0.1, 0.15) is 19.8 Å². The minimum absolute atomic E-state index is 0.0549. The van der Waals surface area contributed by atoms with Crippen molar-refractivity contribution in [2.24, 2.45) is 5.92 Å². The molecule has 0 aromatic carbocycles. The van der Waals surface area contributed by atoms with Gasteiger partial charge in [-0.25, -0.2) is 9.78 Å². The van der Waals surface area contributed by atoms with Crippen molar-refractivity contribution >= 4 is 11.8 Å². The summed E-state index contributed by atoms with van der Waals surface area (Å²) in [5.74, 6) is -0.842. The largest absolute Gasteiger partial charge is 0.480 e. The fraction of sp³-hybridized carbons (Fsp3) is 0.500. The van der Waals surface area contributed by atoms with Crippen LogP contribution in [0.3, 0.4) is 0 Å². The van der Waals surface area contributed by atoms with Gasteiger partial charge in [-0.15, -0.1) is 0 Å². The molecule has 1 unspecified atom stereocenters. The molecule has 1 aliphatic rings. The van der Waals surface area contributed by atoms with Gasteiger partial charge in [0.1, 0.15) is 5.54 Å². The van der Waals surface area contributed by atoms with Crippen molar-refractivity contribution in [1.29, 1.82) is 0 Å². The summed E-state index contributed by atoms with van der Waals surface area (Å²) in [6, 6.07) is 0. The Hall–Kier alpha value is -1.85. The highest BCUT2D eigenvalue weighted by molar-refractivity contribution is 5.82. The summed E-state index contributed by atoms with van der Waals surface area (Å²) in [6.45, 7) is 1.58. The fourth-order valence-corrected chi connectivity index (χ4v) is 1.68. The minimum atomic E-state index is -1.11. The number of aromatic nitrogens is 2. The van der Waals surface area contributed by atoms with Crippen molar-refractivity contribution in [2.45, 2.75) is 25.3 Å². The molecule has 0 bridgehead atoms. The van der Waals surface area contributed by atoms with Crippen LogP contribution >= 0.6 is 0 Å². The SMILES string of the molecule is CC(Nc1ncc[nH]c1=O)(C(=O)O)C1CC1. The summed E-state index contributed by atoms with van der Waals surface area (Å²) < 4.78 is 0. The molecule has 16 heavy (non-hydrogen) atoms. The molecule has 0 saturated heterocycles. The Morgan fingerprint density at radius 2 is 2.38 bits per heavy atom. The molecule has 1 heterocycles. The highest BCUT2D eigenvalue weighted by Gasteiger charge is 2.48. The van der Waals surface area contributed by atoms with Gasteiger partial charge in [0.2, 0.25) is 0 Å². The van der Waals surface area contributed by atoms with Gasteiger partial charge in [-0.05, 0) is 25.7 Å². The van der Waals surface area contributed by atoms with E-state index in [-0.39, 0.29) is 11.7 Å². The summed E-state index contributed by atoms with van der Waals surface area (Å²) in [7, 11) is 0. The molecule has 1 atom stereocenters. The zero-order valence-electron chi connectivity index (χ0n) is 8.86. The molecule has 0 radical (unpaired) electrons. The average molecular weight is 223 g/mol. The standard InChI is InChI=1S/C10H13N3O3/c1-10(9(15)16,6-2-3-6)13-7-8(14)12-5-4-11-7/h4-6H,2-3H2,1H3,(H,11,13)(H,12,14)(H,15,16). The maximum atomic E-state index is 11.4. The first-order valence-corrected chi connectivity index (χ1v) is 5.09. The van der Waals surface area contributed by atoms with Crippen LogP contribution in [0.2, 0.25) is 0 Å². The smallest absolute Gasteiger partial charge is 0.329 e. The molecule has 0 spiro atoms. The van der Waals surface area contributed by atoms with Gasteiger partial charge in [0, 0.05) is 12.4 Å². The third-order valence-electron chi connectivity index (χ3n) is 2.92. The number of carboxylic acid groups (broad SMARTS) is 1. The normalized spacial score (nSPS) is 18.8. The van der Waals surface area contributed by atoms with Crippen LogP contribution in [0.5, 0.6) is 0 Å². The zero-order valence-corrected chi connectivity index (χ0v) is 8.86. The first-order valence-electron chi connectivity index (χ1n) is 5.09. The second-order valence-electron chi connectivity index (χ2n) is 4.17. The van der Waals surface area contributed by atoms with Crippen LogP contribution in [0.15, 0.2) is 17.2 Å². The molecule has 1 aliphatic carbocycles. The molecule has 1 saturated carbocycles. The van der Waals surface area contributed by atoms with Crippen LogP contribution in [0, 0.1) is 5.92 Å². The predicted octanol–water partition coefficient (Wildman–Crippen LogP) is 0.435. The lowest BCUT2D eigenvalue weighted by Gasteiger charge is -2.25. The van der Waals surface area contributed by atoms with Crippen molar-refractivity contribution in [3.63, 3.8) is 0 Å². The Balaban J connectivity index is 2.28. The van der Waals surface area contributed by atoms with Gasteiger partial charge in [-0.2, -0.15) is 0 Å². The predicted molar refractivity (Wildman–Crippen MR) is 57.2 cm³/mol. The van der Waals surface area contributed by atoms with Crippen molar-refractivity contribution < 1.29 is 9.90 Å². The molecule has 6 heteroatoms. The van der Waals surface area contributed by atoms with E-state index in [0.29, 0.717) is 0 Å². The van der Waals surface area contributed by atoms with Crippen molar-refractivity contribution in [1.82, 2.24) is 9.97 Å². The second kappa shape index (κ2) is 3.62. The molecule has 86 valence electrons. The van der Waals surface area contributed by atoms with Crippen molar-refractivity contribution in [2.75, 3.05) is 5.32 Å². The van der Waals surface area contributed by atoms with E-state index in [1.807, 2.05) is 0 Å². The van der Waals surface area contributed by atoms with Crippen molar-refractivity contribution in [3.05, 3.63) is 22.7 Å². The van der Waals surface area contributed by atoms with Crippen LogP contribution in [-0.2, 0) is 4.79 Å². The fourth-order valence-electron chi connectivity index (χ4n) is 1.68. The van der Waals surface area contributed by atoms with Gasteiger partial charge in [-0.3, -0.25) is 4.79 Å². The van der Waals surface area contributed by atoms with Gasteiger partial charge in [-0.1, -0.05) is 0 Å². The molecule has 3 N–H and O–H groups in total. The van der Waals surface area contributed by atoms with Gasteiger partial charge in [0.15, 0.2) is 5.82 Å². The number of carbonyl (C=O) groups is 1. The molecule has 1 aromatic heterocycles. The maximum Gasteiger partial charge on any atom is 0.329 e. The van der Waals surface area contributed by atoms with Crippen LogP contribution in [0.25, 0.3) is 0 Å². The lowest BCUT2D eigenvalue weighted by Crippen LogP contribution is -2.47. The van der Waals surface area contributed by atoms with E-state index in [0.717, 1.165) is 12.8 Å². The van der Waals surface area contributed by atoms with Crippen LogP contribution in [-0.4, -0.2) is 26.6 Å². The Morgan fingerprint density at radius 1 is 1.69 bits per heavy atom. The van der Waals surface area contributed by atoms with Gasteiger partial charge in [0.25, 0.3) is 5.56 Å². The number of aliphatic carboxylic acids is 1. The quantitative estimate of drug-likeness (QED) is 0.688. The number of rotatable bonds is 4. The number of hydrogen-bond donors (Lipinski definition) is 3. The third kappa shape index (κ3) is 1.78. The first kappa shape index (κ1) is 10.7. The summed E-state index contributed by atoms with van der Waals surface area (Å²) in [5.41, 5.74) is -1.52. The highest BCUT2D eigenvalue weighted by Crippen LogP contribution is 2.41. The van der Waals surface area contributed by atoms with E-state index < -0.39 is 17.1 Å². The van der Waals surface area contributed by atoms with E-state index in [9.17, 15) is 14.7 Å². The number of anilines is 1.